The smallest absolute Gasteiger partial charge is 0.414 e. The van der Waals surface area contributed by atoms with E-state index in [9.17, 15) is 15.0 Å². The number of aromatic hydroxyl groups is 2. The molecule has 2 N–H and O–H groups in total. The molecular formula is C16H22ClNO5. The highest BCUT2D eigenvalue weighted by Crippen LogP contribution is 2.54. The number of carbonyl (C=O) groups is 1. The number of rotatable bonds is 2. The summed E-state index contributed by atoms with van der Waals surface area (Å²) in [6.45, 7) is 7.11. The largest absolute Gasteiger partial charge is 0.505 e. The first-order valence-electron chi connectivity index (χ1n) is 7.31. The van der Waals surface area contributed by atoms with E-state index in [4.69, 9.17) is 21.1 Å². The second-order valence-corrected chi connectivity index (χ2v) is 6.87. The van der Waals surface area contributed by atoms with E-state index in [1.807, 2.05) is 0 Å². The molecule has 0 spiro atoms. The lowest BCUT2D eigenvalue weighted by molar-refractivity contribution is 0.0581. The number of fused-ring (bicyclic) bond motifs is 1. The lowest BCUT2D eigenvalue weighted by Crippen LogP contribution is -2.36. The van der Waals surface area contributed by atoms with Crippen molar-refractivity contribution in [2.45, 2.75) is 39.2 Å². The number of anilines is 1. The lowest BCUT2D eigenvalue weighted by Gasteiger charge is -2.25. The van der Waals surface area contributed by atoms with Crippen LogP contribution in [0.2, 0.25) is 0 Å². The molecular weight excluding hydrogens is 322 g/mol. The van der Waals surface area contributed by atoms with Crippen molar-refractivity contribution in [2.75, 3.05) is 24.4 Å². The van der Waals surface area contributed by atoms with Crippen molar-refractivity contribution >= 4 is 23.4 Å². The number of halogens is 1. The van der Waals surface area contributed by atoms with Gasteiger partial charge in [0, 0.05) is 29.5 Å². The topological polar surface area (TPSA) is 79.2 Å². The third-order valence-corrected chi connectivity index (χ3v) is 4.10. The van der Waals surface area contributed by atoms with Gasteiger partial charge in [-0.15, -0.1) is 11.6 Å². The van der Waals surface area contributed by atoms with Crippen molar-refractivity contribution in [3.05, 3.63) is 11.1 Å². The molecule has 0 fully saturated rings. The van der Waals surface area contributed by atoms with Crippen LogP contribution in [0.4, 0.5) is 10.5 Å². The molecule has 1 aromatic rings. The summed E-state index contributed by atoms with van der Waals surface area (Å²) < 4.78 is 10.5. The van der Waals surface area contributed by atoms with Crippen LogP contribution >= 0.6 is 11.6 Å². The SMILES string of the molecule is COc1c(C)c(O)c2c(c1O)[C@@H](CCl)CN2C(=O)OC(C)(C)C. The molecule has 128 valence electrons. The Morgan fingerprint density at radius 3 is 2.43 bits per heavy atom. The first kappa shape index (κ1) is 17.5. The predicted molar refractivity (Wildman–Crippen MR) is 88.1 cm³/mol. The van der Waals surface area contributed by atoms with E-state index in [-0.39, 0.29) is 41.3 Å². The summed E-state index contributed by atoms with van der Waals surface area (Å²) in [4.78, 5) is 13.8. The Labute approximate surface area is 140 Å². The van der Waals surface area contributed by atoms with Gasteiger partial charge in [0.05, 0.1) is 12.8 Å². The van der Waals surface area contributed by atoms with E-state index in [0.717, 1.165) is 0 Å². The summed E-state index contributed by atoms with van der Waals surface area (Å²) in [5, 5.41) is 21.0. The minimum atomic E-state index is -0.671. The molecule has 0 aliphatic carbocycles. The molecule has 23 heavy (non-hydrogen) atoms. The van der Waals surface area contributed by atoms with Gasteiger partial charge in [-0.05, 0) is 27.7 Å². The van der Waals surface area contributed by atoms with Gasteiger partial charge in [0.2, 0.25) is 0 Å². The number of alkyl halides is 1. The van der Waals surface area contributed by atoms with Crippen LogP contribution in [0.5, 0.6) is 17.2 Å². The predicted octanol–water partition coefficient (Wildman–Crippen LogP) is 3.49. The van der Waals surface area contributed by atoms with Crippen LogP contribution < -0.4 is 9.64 Å². The molecule has 7 heteroatoms. The average Bonchev–Trinajstić information content (AvgIpc) is 2.83. The van der Waals surface area contributed by atoms with Crippen molar-refractivity contribution in [3.8, 4) is 17.2 Å². The molecule has 1 heterocycles. The molecule has 0 aromatic heterocycles. The van der Waals surface area contributed by atoms with Crippen molar-refractivity contribution < 1.29 is 24.5 Å². The van der Waals surface area contributed by atoms with Gasteiger partial charge in [-0.25, -0.2) is 4.79 Å². The van der Waals surface area contributed by atoms with Crippen LogP contribution in [0.3, 0.4) is 0 Å². The van der Waals surface area contributed by atoms with Gasteiger partial charge in [-0.2, -0.15) is 0 Å². The summed E-state index contributed by atoms with van der Waals surface area (Å²) in [7, 11) is 1.41. The third kappa shape index (κ3) is 3.00. The Morgan fingerprint density at radius 1 is 1.35 bits per heavy atom. The van der Waals surface area contributed by atoms with Gasteiger partial charge in [0.15, 0.2) is 11.5 Å². The third-order valence-electron chi connectivity index (χ3n) is 3.73. The van der Waals surface area contributed by atoms with Crippen LogP contribution in [0.25, 0.3) is 0 Å². The number of benzene rings is 1. The first-order chi connectivity index (χ1) is 10.6. The molecule has 0 saturated carbocycles. The maximum absolute atomic E-state index is 12.5. The number of methoxy groups -OCH3 is 1. The van der Waals surface area contributed by atoms with Gasteiger partial charge in [-0.3, -0.25) is 4.90 Å². The van der Waals surface area contributed by atoms with E-state index in [1.165, 1.54) is 12.0 Å². The zero-order valence-corrected chi connectivity index (χ0v) is 14.7. The number of hydrogen-bond acceptors (Lipinski definition) is 5. The van der Waals surface area contributed by atoms with Crippen LogP contribution in [0.1, 0.15) is 37.8 Å². The highest BCUT2D eigenvalue weighted by atomic mass is 35.5. The summed E-state index contributed by atoms with van der Waals surface area (Å²) in [6.07, 6.45) is -0.592. The molecule has 0 saturated heterocycles. The van der Waals surface area contributed by atoms with Crippen molar-refractivity contribution in [2.24, 2.45) is 0 Å². The maximum Gasteiger partial charge on any atom is 0.414 e. The van der Waals surface area contributed by atoms with Crippen molar-refractivity contribution in [1.29, 1.82) is 0 Å². The Morgan fingerprint density at radius 2 is 1.96 bits per heavy atom. The second kappa shape index (κ2) is 6.00. The fourth-order valence-corrected chi connectivity index (χ4v) is 3.00. The molecule has 0 unspecified atom stereocenters. The minimum Gasteiger partial charge on any atom is -0.505 e. The summed E-state index contributed by atoms with van der Waals surface area (Å²) in [5.74, 6) is -0.171. The van der Waals surface area contributed by atoms with E-state index in [1.54, 1.807) is 27.7 Å². The molecule has 6 nitrogen and oxygen atoms in total. The lowest BCUT2D eigenvalue weighted by atomic mass is 9.98. The number of phenols is 2. The molecule has 0 bridgehead atoms. The summed E-state index contributed by atoms with van der Waals surface area (Å²) in [5.41, 5.74) is 0.328. The Balaban J connectivity index is 2.59. The number of hydrogen-bond donors (Lipinski definition) is 2. The fraction of sp³-hybridized carbons (Fsp3) is 0.562. The number of phenolic OH excluding ortho intramolecular Hbond substituents is 2. The molecule has 1 atom stereocenters. The van der Waals surface area contributed by atoms with Gasteiger partial charge in [0.1, 0.15) is 11.4 Å². The van der Waals surface area contributed by atoms with E-state index >= 15 is 0 Å². The summed E-state index contributed by atoms with van der Waals surface area (Å²) in [6, 6.07) is 0. The molecule has 2 rings (SSSR count). The number of ether oxygens (including phenoxy) is 2. The van der Waals surface area contributed by atoms with Crippen molar-refractivity contribution in [1.82, 2.24) is 0 Å². The Kier molecular flexibility index (Phi) is 4.57. The zero-order valence-electron chi connectivity index (χ0n) is 13.9. The first-order valence-corrected chi connectivity index (χ1v) is 7.84. The Hall–Kier alpha value is -1.82. The van der Waals surface area contributed by atoms with Crippen LogP contribution in [-0.2, 0) is 4.74 Å². The van der Waals surface area contributed by atoms with E-state index in [2.05, 4.69) is 0 Å². The zero-order chi connectivity index (χ0) is 17.5. The van der Waals surface area contributed by atoms with Crippen LogP contribution in [0.15, 0.2) is 0 Å². The Bertz CT molecular complexity index is 639. The highest BCUT2D eigenvalue weighted by Gasteiger charge is 2.41. The van der Waals surface area contributed by atoms with Gasteiger partial charge < -0.3 is 19.7 Å². The van der Waals surface area contributed by atoms with Gasteiger partial charge in [0.25, 0.3) is 0 Å². The molecule has 1 aliphatic heterocycles. The monoisotopic (exact) mass is 343 g/mol. The molecule has 1 aromatic carbocycles. The molecule has 1 amide bonds. The van der Waals surface area contributed by atoms with Crippen molar-refractivity contribution in [3.63, 3.8) is 0 Å². The fourth-order valence-electron chi connectivity index (χ4n) is 2.75. The average molecular weight is 344 g/mol. The van der Waals surface area contributed by atoms with E-state index < -0.39 is 11.7 Å². The maximum atomic E-state index is 12.5. The highest BCUT2D eigenvalue weighted by molar-refractivity contribution is 6.18. The van der Waals surface area contributed by atoms with Gasteiger partial charge >= 0.3 is 6.09 Å². The standard InChI is InChI=1S/C16H22ClNO5/c1-8-12(19)11-10(13(20)14(8)22-5)9(6-17)7-18(11)15(21)23-16(2,3)4/h9,19-20H,6-7H2,1-5H3/t9-/m0/s1. The quantitative estimate of drug-likeness (QED) is 0.634. The number of carbonyl (C=O) groups excluding carboxylic acids is 1. The molecule has 1 aliphatic rings. The second-order valence-electron chi connectivity index (χ2n) is 6.56. The summed E-state index contributed by atoms with van der Waals surface area (Å²) >= 11 is 5.99. The molecule has 0 radical (unpaired) electrons. The van der Waals surface area contributed by atoms with Crippen LogP contribution in [-0.4, -0.2) is 41.4 Å². The number of nitrogens with zero attached hydrogens (tertiary/aromatic N) is 1. The van der Waals surface area contributed by atoms with Crippen LogP contribution in [0, 0.1) is 6.92 Å². The number of amides is 1. The minimum absolute atomic E-state index is 0.102. The normalized spacial score (nSPS) is 17.1. The van der Waals surface area contributed by atoms with E-state index in [0.29, 0.717) is 11.1 Å². The van der Waals surface area contributed by atoms with Gasteiger partial charge in [-0.1, -0.05) is 0 Å².